The lowest BCUT2D eigenvalue weighted by atomic mass is 9.68. The summed E-state index contributed by atoms with van der Waals surface area (Å²) in [6, 6.07) is 9.06. The van der Waals surface area contributed by atoms with Crippen molar-refractivity contribution in [2.45, 2.75) is 43.6 Å². The molecule has 3 aliphatic rings. The smallest absolute Gasteiger partial charge is 0.0408 e. The highest BCUT2D eigenvalue weighted by Gasteiger charge is 2.38. The van der Waals surface area contributed by atoms with E-state index in [1.54, 1.807) is 5.70 Å². The van der Waals surface area contributed by atoms with Crippen molar-refractivity contribution in [2.24, 2.45) is 5.73 Å². The highest BCUT2D eigenvalue weighted by atomic mass is 35.5. The Hall–Kier alpha value is -1.03. The van der Waals surface area contributed by atoms with Gasteiger partial charge >= 0.3 is 0 Å². The highest BCUT2D eigenvalue weighted by Crippen LogP contribution is 2.41. The molecule has 3 nitrogen and oxygen atoms in total. The van der Waals surface area contributed by atoms with Gasteiger partial charge < -0.3 is 10.6 Å². The third-order valence-electron chi connectivity index (χ3n) is 6.46. The van der Waals surface area contributed by atoms with Crippen LogP contribution in [0.25, 0.3) is 0 Å². The number of piperazine rings is 1. The second-order valence-corrected chi connectivity index (χ2v) is 8.10. The first kappa shape index (κ1) is 16.4. The van der Waals surface area contributed by atoms with E-state index in [1.165, 1.54) is 57.3 Å². The van der Waals surface area contributed by atoms with Crippen molar-refractivity contribution >= 4 is 11.6 Å². The molecular formula is C20H28ClN3. The molecule has 0 atom stereocenters. The lowest BCUT2D eigenvalue weighted by Crippen LogP contribution is -2.51. The normalized spacial score (nSPS) is 31.0. The van der Waals surface area contributed by atoms with E-state index in [1.807, 2.05) is 6.07 Å². The molecule has 0 aromatic heterocycles. The Balaban J connectivity index is 1.44. The van der Waals surface area contributed by atoms with Crippen LogP contribution in [0.4, 0.5) is 0 Å². The predicted molar refractivity (Wildman–Crippen MR) is 100 cm³/mol. The minimum Gasteiger partial charge on any atom is -0.372 e. The molecule has 0 spiro atoms. The number of hydrogen-bond acceptors (Lipinski definition) is 3. The first-order valence-electron chi connectivity index (χ1n) is 9.34. The van der Waals surface area contributed by atoms with Crippen LogP contribution in [0.1, 0.15) is 37.7 Å². The number of nitrogens with two attached hydrogens (primary N) is 1. The van der Waals surface area contributed by atoms with Gasteiger partial charge in [-0.05, 0) is 49.8 Å². The average Bonchev–Trinajstić information content (AvgIpc) is 3.09. The van der Waals surface area contributed by atoms with Crippen LogP contribution in [0, 0.1) is 0 Å². The Bertz CT molecular complexity index is 619. The van der Waals surface area contributed by atoms with Crippen LogP contribution < -0.4 is 5.73 Å². The topological polar surface area (TPSA) is 32.5 Å². The zero-order valence-electron chi connectivity index (χ0n) is 14.4. The van der Waals surface area contributed by atoms with Crippen LogP contribution in [0.3, 0.4) is 0 Å². The first-order chi connectivity index (χ1) is 11.7. The van der Waals surface area contributed by atoms with Gasteiger partial charge in [-0.1, -0.05) is 29.8 Å². The zero-order valence-corrected chi connectivity index (χ0v) is 15.1. The summed E-state index contributed by atoms with van der Waals surface area (Å²) < 4.78 is 0. The summed E-state index contributed by atoms with van der Waals surface area (Å²) in [5, 5.41) is 0.826. The van der Waals surface area contributed by atoms with Crippen molar-refractivity contribution in [2.75, 3.05) is 32.7 Å². The van der Waals surface area contributed by atoms with Crippen LogP contribution in [-0.2, 0) is 5.41 Å². The van der Waals surface area contributed by atoms with Crippen molar-refractivity contribution < 1.29 is 0 Å². The minimum absolute atomic E-state index is 0.121. The first-order valence-corrected chi connectivity index (χ1v) is 9.72. The zero-order chi connectivity index (χ0) is 16.6. The fourth-order valence-corrected chi connectivity index (χ4v) is 5.07. The van der Waals surface area contributed by atoms with E-state index in [2.05, 4.69) is 34.1 Å². The summed E-state index contributed by atoms with van der Waals surface area (Å²) in [5.74, 6) is 0. The Labute approximate surface area is 150 Å². The molecule has 0 bridgehead atoms. The third kappa shape index (κ3) is 2.98. The Morgan fingerprint density at radius 3 is 2.75 bits per heavy atom. The quantitative estimate of drug-likeness (QED) is 0.911. The monoisotopic (exact) mass is 345 g/mol. The van der Waals surface area contributed by atoms with E-state index in [9.17, 15) is 0 Å². The Kier molecular flexibility index (Phi) is 4.59. The molecular weight excluding hydrogens is 318 g/mol. The summed E-state index contributed by atoms with van der Waals surface area (Å²) in [6.07, 6.45) is 8.51. The van der Waals surface area contributed by atoms with Gasteiger partial charge in [0.25, 0.3) is 0 Å². The van der Waals surface area contributed by atoms with Gasteiger partial charge in [0.05, 0.1) is 0 Å². The van der Waals surface area contributed by atoms with Crippen LogP contribution >= 0.6 is 11.6 Å². The Morgan fingerprint density at radius 1 is 1.17 bits per heavy atom. The molecule has 2 N–H and O–H groups in total. The maximum atomic E-state index is 6.24. The number of benzene rings is 1. The van der Waals surface area contributed by atoms with Crippen LogP contribution in [-0.4, -0.2) is 48.6 Å². The molecule has 0 unspecified atom stereocenters. The summed E-state index contributed by atoms with van der Waals surface area (Å²) >= 11 is 6.23. The molecule has 0 radical (unpaired) electrons. The van der Waals surface area contributed by atoms with Gasteiger partial charge in [0, 0.05) is 54.9 Å². The second-order valence-electron chi connectivity index (χ2n) is 7.67. The molecule has 4 rings (SSSR count). The molecule has 1 saturated heterocycles. The van der Waals surface area contributed by atoms with Crippen molar-refractivity contribution in [3.05, 3.63) is 46.6 Å². The molecule has 1 aromatic rings. The molecule has 1 aromatic carbocycles. The predicted octanol–water partition coefficient (Wildman–Crippen LogP) is 3.38. The van der Waals surface area contributed by atoms with Gasteiger partial charge in [-0.2, -0.15) is 0 Å². The summed E-state index contributed by atoms with van der Waals surface area (Å²) in [4.78, 5) is 5.28. The number of hydrogen-bond donors (Lipinski definition) is 1. The van der Waals surface area contributed by atoms with Gasteiger partial charge in [0.15, 0.2) is 0 Å². The molecule has 1 aliphatic carbocycles. The molecule has 4 heteroatoms. The van der Waals surface area contributed by atoms with E-state index in [-0.39, 0.29) is 5.41 Å². The number of rotatable bonds is 3. The lowest BCUT2D eigenvalue weighted by molar-refractivity contribution is 0.0953. The standard InChI is InChI=1S/C20H28ClN3/c21-17-4-1-3-16(13-17)20(15-22)8-6-18(7-9-20)24-12-11-23-10-2-5-19(23)14-24/h1,3-5,13,18H,2,6-12,14-15,22H2. The van der Waals surface area contributed by atoms with Crippen LogP contribution in [0.5, 0.6) is 0 Å². The van der Waals surface area contributed by atoms with E-state index >= 15 is 0 Å². The summed E-state index contributed by atoms with van der Waals surface area (Å²) in [7, 11) is 0. The van der Waals surface area contributed by atoms with Crippen molar-refractivity contribution in [1.29, 1.82) is 0 Å². The largest absolute Gasteiger partial charge is 0.372 e. The molecule has 1 saturated carbocycles. The highest BCUT2D eigenvalue weighted by molar-refractivity contribution is 6.30. The van der Waals surface area contributed by atoms with Crippen LogP contribution in [0.2, 0.25) is 5.02 Å². The van der Waals surface area contributed by atoms with Crippen molar-refractivity contribution in [1.82, 2.24) is 9.80 Å². The minimum atomic E-state index is 0.121. The van der Waals surface area contributed by atoms with Crippen LogP contribution in [0.15, 0.2) is 36.0 Å². The third-order valence-corrected chi connectivity index (χ3v) is 6.70. The van der Waals surface area contributed by atoms with Gasteiger partial charge in [0.2, 0.25) is 0 Å². The lowest BCUT2D eigenvalue weighted by Gasteiger charge is -2.46. The molecule has 24 heavy (non-hydrogen) atoms. The van der Waals surface area contributed by atoms with Gasteiger partial charge in [-0.3, -0.25) is 4.90 Å². The number of nitrogens with zero attached hydrogens (tertiary/aromatic N) is 2. The second kappa shape index (κ2) is 6.70. The maximum absolute atomic E-state index is 6.24. The number of fused-ring (bicyclic) bond motifs is 1. The van der Waals surface area contributed by atoms with E-state index in [0.717, 1.165) is 18.1 Å². The fourth-order valence-electron chi connectivity index (χ4n) is 4.88. The number of halogens is 1. The van der Waals surface area contributed by atoms with E-state index in [0.29, 0.717) is 6.04 Å². The van der Waals surface area contributed by atoms with E-state index < -0.39 is 0 Å². The molecule has 130 valence electrons. The molecule has 2 fully saturated rings. The molecule has 0 amide bonds. The van der Waals surface area contributed by atoms with Gasteiger partial charge in [-0.25, -0.2) is 0 Å². The summed E-state index contributed by atoms with van der Waals surface area (Å²) in [5.41, 5.74) is 9.26. The fraction of sp³-hybridized carbons (Fsp3) is 0.600. The van der Waals surface area contributed by atoms with Crippen molar-refractivity contribution in [3.63, 3.8) is 0 Å². The van der Waals surface area contributed by atoms with E-state index in [4.69, 9.17) is 17.3 Å². The average molecular weight is 346 g/mol. The van der Waals surface area contributed by atoms with Crippen molar-refractivity contribution in [3.8, 4) is 0 Å². The van der Waals surface area contributed by atoms with Gasteiger partial charge in [-0.15, -0.1) is 0 Å². The summed E-state index contributed by atoms with van der Waals surface area (Å²) in [6.45, 7) is 5.53. The SMILES string of the molecule is NCC1(c2cccc(Cl)c2)CCC(N2CCN3CCC=C3C2)CC1. The van der Waals surface area contributed by atoms with Gasteiger partial charge in [0.1, 0.15) is 0 Å². The molecule has 2 heterocycles. The maximum Gasteiger partial charge on any atom is 0.0408 e. The molecule has 2 aliphatic heterocycles. The Morgan fingerprint density at radius 2 is 2.00 bits per heavy atom.